The predicted octanol–water partition coefficient (Wildman–Crippen LogP) is 3.73. The van der Waals surface area contributed by atoms with Crippen molar-refractivity contribution in [3.8, 4) is 11.5 Å². The van der Waals surface area contributed by atoms with E-state index in [1.54, 1.807) is 0 Å². The van der Waals surface area contributed by atoms with Gasteiger partial charge in [-0.15, -0.1) is 0 Å². The summed E-state index contributed by atoms with van der Waals surface area (Å²) in [6.45, 7) is 5.35. The fraction of sp³-hybridized carbons (Fsp3) is 0.364. The number of methoxy groups -OCH3 is 1. The van der Waals surface area contributed by atoms with E-state index in [1.165, 1.54) is 55.6 Å². The first-order valence-corrected chi connectivity index (χ1v) is 11.3. The van der Waals surface area contributed by atoms with Crippen molar-refractivity contribution in [1.82, 2.24) is 4.31 Å². The molecule has 8 nitrogen and oxygen atoms in total. The maximum atomic E-state index is 13.3. The minimum Gasteiger partial charge on any atom is -0.468 e. The molecule has 1 atom stereocenters. The molecule has 1 fully saturated rings. The molecule has 10 heteroatoms. The average molecular weight is 465 g/mol. The van der Waals surface area contributed by atoms with Crippen LogP contribution >= 0.6 is 0 Å². The second kappa shape index (κ2) is 9.25. The number of oxime groups is 1. The van der Waals surface area contributed by atoms with Crippen LogP contribution in [0.4, 0.5) is 4.39 Å². The predicted molar refractivity (Wildman–Crippen MR) is 116 cm³/mol. The van der Waals surface area contributed by atoms with Gasteiger partial charge in [-0.2, -0.15) is 4.31 Å². The van der Waals surface area contributed by atoms with E-state index < -0.39 is 27.6 Å². The molecule has 172 valence electrons. The summed E-state index contributed by atoms with van der Waals surface area (Å²) in [6.07, 6.45) is 0.0771. The minimum atomic E-state index is -4.03. The van der Waals surface area contributed by atoms with Gasteiger partial charge in [-0.1, -0.05) is 5.16 Å². The number of hydrogen-bond donors (Lipinski definition) is 0. The molecular formula is C22H25FN2O6S. The molecule has 0 aliphatic carbocycles. The quantitative estimate of drug-likeness (QED) is 0.478. The van der Waals surface area contributed by atoms with Crippen LogP contribution in [0.1, 0.15) is 27.2 Å². The average Bonchev–Trinajstić information content (AvgIpc) is 3.19. The Bertz CT molecular complexity index is 1090. The Morgan fingerprint density at radius 2 is 1.62 bits per heavy atom. The molecule has 0 N–H and O–H groups in total. The van der Waals surface area contributed by atoms with Crippen LogP contribution in [-0.2, 0) is 24.4 Å². The molecule has 0 amide bonds. The highest BCUT2D eigenvalue weighted by Gasteiger charge is 2.43. The van der Waals surface area contributed by atoms with Crippen molar-refractivity contribution in [2.75, 3.05) is 13.7 Å². The lowest BCUT2D eigenvalue weighted by Crippen LogP contribution is -2.41. The number of ether oxygens (including phenoxy) is 2. The summed E-state index contributed by atoms with van der Waals surface area (Å²) in [4.78, 5) is 17.6. The molecule has 0 aromatic heterocycles. The number of esters is 1. The first kappa shape index (κ1) is 23.7. The van der Waals surface area contributed by atoms with Crippen LogP contribution in [0, 0.1) is 5.82 Å². The first-order chi connectivity index (χ1) is 15.0. The zero-order valence-electron chi connectivity index (χ0n) is 18.2. The Morgan fingerprint density at radius 3 is 2.16 bits per heavy atom. The number of carbonyl (C=O) groups excluding carboxylic acids is 1. The molecule has 1 aliphatic rings. The number of halogens is 1. The topological polar surface area (TPSA) is 94.5 Å². The zero-order chi connectivity index (χ0) is 23.5. The Kier molecular flexibility index (Phi) is 6.85. The summed E-state index contributed by atoms with van der Waals surface area (Å²) >= 11 is 0. The summed E-state index contributed by atoms with van der Waals surface area (Å²) in [5, 5.41) is 4.04. The first-order valence-electron chi connectivity index (χ1n) is 9.87. The number of carbonyl (C=O) groups is 1. The summed E-state index contributed by atoms with van der Waals surface area (Å²) in [6, 6.07) is 10.1. The fourth-order valence-electron chi connectivity index (χ4n) is 2.99. The number of hydrogen-bond acceptors (Lipinski definition) is 7. The summed E-state index contributed by atoms with van der Waals surface area (Å²) in [7, 11) is -2.83. The van der Waals surface area contributed by atoms with Gasteiger partial charge < -0.3 is 14.3 Å². The van der Waals surface area contributed by atoms with Crippen molar-refractivity contribution < 1.29 is 31.9 Å². The monoisotopic (exact) mass is 464 g/mol. The van der Waals surface area contributed by atoms with Gasteiger partial charge in [-0.25, -0.2) is 12.8 Å². The summed E-state index contributed by atoms with van der Waals surface area (Å²) in [5.41, 5.74) is -0.129. The van der Waals surface area contributed by atoms with Crippen molar-refractivity contribution in [1.29, 1.82) is 0 Å². The van der Waals surface area contributed by atoms with E-state index in [2.05, 4.69) is 5.16 Å². The molecule has 0 saturated carbocycles. The van der Waals surface area contributed by atoms with Crippen LogP contribution in [0.15, 0.2) is 58.6 Å². The lowest BCUT2D eigenvalue weighted by Gasteiger charge is -2.21. The van der Waals surface area contributed by atoms with Crippen LogP contribution in [0.2, 0.25) is 0 Å². The largest absolute Gasteiger partial charge is 0.468 e. The van der Waals surface area contributed by atoms with E-state index in [0.29, 0.717) is 17.2 Å². The van der Waals surface area contributed by atoms with Crippen LogP contribution < -0.4 is 4.74 Å². The van der Waals surface area contributed by atoms with Gasteiger partial charge in [-0.05, 0) is 69.3 Å². The highest BCUT2D eigenvalue weighted by molar-refractivity contribution is 7.89. The standard InChI is InChI=1S/C22H25FN2O6S/c1-22(2,3)31-24-16-13-20(21(26)29-4)25(14-16)32(27,28)19-11-9-18(10-12-19)30-17-7-5-15(23)6-8-17/h5-12,20H,13-14H2,1-4H3/b24-16-/t20-/m1/s1. The van der Waals surface area contributed by atoms with Gasteiger partial charge >= 0.3 is 5.97 Å². The Labute approximate surface area is 186 Å². The van der Waals surface area contributed by atoms with Gasteiger partial charge in [0.15, 0.2) is 0 Å². The van der Waals surface area contributed by atoms with Crippen LogP contribution in [0.3, 0.4) is 0 Å². The van der Waals surface area contributed by atoms with Crippen molar-refractivity contribution >= 4 is 21.7 Å². The number of rotatable bonds is 6. The van der Waals surface area contributed by atoms with Gasteiger partial charge in [0, 0.05) is 6.42 Å². The van der Waals surface area contributed by atoms with Crippen molar-refractivity contribution in [2.45, 2.75) is 43.7 Å². The van der Waals surface area contributed by atoms with Crippen molar-refractivity contribution in [2.24, 2.45) is 5.16 Å². The van der Waals surface area contributed by atoms with E-state index in [0.717, 1.165) is 4.31 Å². The van der Waals surface area contributed by atoms with E-state index in [-0.39, 0.29) is 23.7 Å². The highest BCUT2D eigenvalue weighted by Crippen LogP contribution is 2.29. The lowest BCUT2D eigenvalue weighted by molar-refractivity contribution is -0.144. The van der Waals surface area contributed by atoms with E-state index in [9.17, 15) is 17.6 Å². The molecular weight excluding hydrogens is 439 g/mol. The molecule has 0 unspecified atom stereocenters. The Hall–Kier alpha value is -2.98. The molecule has 32 heavy (non-hydrogen) atoms. The molecule has 1 heterocycles. The lowest BCUT2D eigenvalue weighted by atomic mass is 10.2. The zero-order valence-corrected chi connectivity index (χ0v) is 19.1. The van der Waals surface area contributed by atoms with Crippen LogP contribution in [0.25, 0.3) is 0 Å². The highest BCUT2D eigenvalue weighted by atomic mass is 32.2. The molecule has 1 aliphatic heterocycles. The third kappa shape index (κ3) is 5.63. The van der Waals surface area contributed by atoms with E-state index >= 15 is 0 Å². The molecule has 0 spiro atoms. The van der Waals surface area contributed by atoms with Gasteiger partial charge in [-0.3, -0.25) is 4.79 Å². The molecule has 2 aromatic rings. The van der Waals surface area contributed by atoms with Crippen molar-refractivity contribution in [3.63, 3.8) is 0 Å². The molecule has 3 rings (SSSR count). The molecule has 2 aromatic carbocycles. The SMILES string of the molecule is COC(=O)[C@H]1C/C(=N/OC(C)(C)C)CN1S(=O)(=O)c1ccc(Oc2ccc(F)cc2)cc1. The number of sulfonamides is 1. The molecule has 0 radical (unpaired) electrons. The van der Waals surface area contributed by atoms with E-state index in [1.807, 2.05) is 20.8 Å². The third-order valence-electron chi connectivity index (χ3n) is 4.52. The van der Waals surface area contributed by atoms with E-state index in [4.69, 9.17) is 14.3 Å². The van der Waals surface area contributed by atoms with Crippen LogP contribution in [-0.4, -0.2) is 49.7 Å². The van der Waals surface area contributed by atoms with Crippen LogP contribution in [0.5, 0.6) is 11.5 Å². The maximum absolute atomic E-state index is 13.3. The minimum absolute atomic E-state index is 0.0177. The van der Waals surface area contributed by atoms with Gasteiger partial charge in [0.05, 0.1) is 24.3 Å². The smallest absolute Gasteiger partial charge is 0.324 e. The normalized spacial score (nSPS) is 18.5. The molecule has 1 saturated heterocycles. The summed E-state index contributed by atoms with van der Waals surface area (Å²) in [5.74, 6) is -0.277. The fourth-order valence-corrected chi connectivity index (χ4v) is 4.56. The number of benzene rings is 2. The maximum Gasteiger partial charge on any atom is 0.324 e. The summed E-state index contributed by atoms with van der Waals surface area (Å²) < 4.78 is 51.0. The Balaban J connectivity index is 1.82. The second-order valence-electron chi connectivity index (χ2n) is 8.18. The van der Waals surface area contributed by atoms with Crippen molar-refractivity contribution in [3.05, 3.63) is 54.3 Å². The third-order valence-corrected chi connectivity index (χ3v) is 6.39. The number of nitrogens with zero attached hydrogens (tertiary/aromatic N) is 2. The van der Waals surface area contributed by atoms with Gasteiger partial charge in [0.25, 0.3) is 0 Å². The molecule has 0 bridgehead atoms. The van der Waals surface area contributed by atoms with Gasteiger partial charge in [0.1, 0.15) is 29.0 Å². The van der Waals surface area contributed by atoms with Gasteiger partial charge in [0.2, 0.25) is 10.0 Å². The second-order valence-corrected chi connectivity index (χ2v) is 10.1. The Morgan fingerprint density at radius 1 is 1.06 bits per heavy atom.